The molecule has 4 rings (SSSR count). The standard InChI is InChI=1S/C29H40FN5O5/c1-6-28(4,5)22(34-27(40)29(30)10-11-29)26(39)35-14-18-15(2)7-8-16(3)20(18)21(35)25(38)33-19(23(31)36)13-17-9-12-32-24(17)37/h1,7-8,15-22H,9-14H2,2-5H3,(H2,31,36)(H,32,37)(H,33,38)(H,34,40)/t15-,16+,17-,18+,19-,20-,21-,22+/m0/s1. The molecule has 0 unspecified atom stereocenters. The van der Waals surface area contributed by atoms with E-state index in [9.17, 15) is 28.4 Å². The van der Waals surface area contributed by atoms with Crippen LogP contribution in [0.4, 0.5) is 4.39 Å². The molecule has 5 N–H and O–H groups in total. The van der Waals surface area contributed by atoms with Crippen LogP contribution in [0.3, 0.4) is 0 Å². The third kappa shape index (κ3) is 5.58. The molecule has 10 nitrogen and oxygen atoms in total. The number of hydrogen-bond acceptors (Lipinski definition) is 5. The van der Waals surface area contributed by atoms with Crippen molar-refractivity contribution in [3.05, 3.63) is 12.2 Å². The van der Waals surface area contributed by atoms with E-state index >= 15 is 0 Å². The first-order chi connectivity index (χ1) is 18.7. The van der Waals surface area contributed by atoms with Crippen LogP contribution in [0, 0.1) is 47.3 Å². The smallest absolute Gasteiger partial charge is 0.258 e. The largest absolute Gasteiger partial charge is 0.368 e. The second-order valence-electron chi connectivity index (χ2n) is 12.5. The van der Waals surface area contributed by atoms with Gasteiger partial charge in [-0.05, 0) is 63.2 Å². The molecule has 0 bridgehead atoms. The van der Waals surface area contributed by atoms with Gasteiger partial charge in [0.15, 0.2) is 5.67 Å². The lowest BCUT2D eigenvalue weighted by Crippen LogP contribution is -2.61. The van der Waals surface area contributed by atoms with E-state index in [1.807, 2.05) is 19.9 Å². The molecule has 1 saturated carbocycles. The van der Waals surface area contributed by atoms with Crippen LogP contribution in [0.5, 0.6) is 0 Å². The third-order valence-corrected chi connectivity index (χ3v) is 9.21. The highest BCUT2D eigenvalue weighted by Gasteiger charge is 2.56. The van der Waals surface area contributed by atoms with Crippen molar-refractivity contribution < 1.29 is 28.4 Å². The summed E-state index contributed by atoms with van der Waals surface area (Å²) < 4.78 is 14.6. The van der Waals surface area contributed by atoms with Crippen LogP contribution in [-0.2, 0) is 24.0 Å². The summed E-state index contributed by atoms with van der Waals surface area (Å²) in [5.74, 6) is -1.31. The van der Waals surface area contributed by atoms with E-state index in [1.54, 1.807) is 13.8 Å². The van der Waals surface area contributed by atoms with E-state index in [-0.39, 0.29) is 55.4 Å². The Morgan fingerprint density at radius 1 is 1.23 bits per heavy atom. The molecule has 4 aliphatic rings. The Bertz CT molecular complexity index is 1160. The number of fused-ring (bicyclic) bond motifs is 1. The summed E-state index contributed by atoms with van der Waals surface area (Å²) in [7, 11) is 0. The predicted molar refractivity (Wildman–Crippen MR) is 144 cm³/mol. The first-order valence-corrected chi connectivity index (χ1v) is 14.0. The van der Waals surface area contributed by atoms with Crippen molar-refractivity contribution >= 4 is 29.5 Å². The lowest BCUT2D eigenvalue weighted by Gasteiger charge is -2.37. The number of halogens is 1. The van der Waals surface area contributed by atoms with Crippen LogP contribution in [0.25, 0.3) is 0 Å². The number of carbonyl (C=O) groups excluding carboxylic acids is 5. The number of hydrogen-bond donors (Lipinski definition) is 4. The van der Waals surface area contributed by atoms with E-state index in [2.05, 4.69) is 27.9 Å². The second-order valence-corrected chi connectivity index (χ2v) is 12.5. The van der Waals surface area contributed by atoms with E-state index in [1.165, 1.54) is 4.90 Å². The quantitative estimate of drug-likeness (QED) is 0.239. The zero-order valence-corrected chi connectivity index (χ0v) is 23.5. The molecule has 3 fully saturated rings. The number of nitrogens with zero attached hydrogens (tertiary/aromatic N) is 1. The van der Waals surface area contributed by atoms with Gasteiger partial charge in [0.1, 0.15) is 18.1 Å². The third-order valence-electron chi connectivity index (χ3n) is 9.21. The first kappa shape index (κ1) is 29.6. The molecule has 218 valence electrons. The number of nitrogens with two attached hydrogens (primary N) is 1. The number of rotatable bonds is 9. The van der Waals surface area contributed by atoms with Crippen molar-refractivity contribution in [2.24, 2.45) is 40.7 Å². The first-order valence-electron chi connectivity index (χ1n) is 14.0. The van der Waals surface area contributed by atoms with Gasteiger partial charge in [0.25, 0.3) is 5.91 Å². The molecular weight excluding hydrogens is 517 g/mol. The topological polar surface area (TPSA) is 151 Å². The number of likely N-dealkylation sites (tertiary alicyclic amines) is 1. The molecule has 0 radical (unpaired) electrons. The Morgan fingerprint density at radius 2 is 1.88 bits per heavy atom. The Balaban J connectivity index is 1.65. The molecule has 2 saturated heterocycles. The molecule has 0 aromatic rings. The summed E-state index contributed by atoms with van der Waals surface area (Å²) >= 11 is 0. The van der Waals surface area contributed by atoms with Gasteiger partial charge >= 0.3 is 0 Å². The molecule has 5 amide bonds. The highest BCUT2D eigenvalue weighted by Crippen LogP contribution is 2.45. The van der Waals surface area contributed by atoms with Crippen LogP contribution < -0.4 is 21.7 Å². The Labute approximate surface area is 234 Å². The summed E-state index contributed by atoms with van der Waals surface area (Å²) in [6.45, 7) is 7.89. The summed E-state index contributed by atoms with van der Waals surface area (Å²) in [6, 6.07) is -3.38. The van der Waals surface area contributed by atoms with Crippen molar-refractivity contribution in [1.82, 2.24) is 20.9 Å². The Kier molecular flexibility index (Phi) is 8.03. The normalized spacial score (nSPS) is 31.8. The number of primary amides is 1. The Morgan fingerprint density at radius 3 is 2.42 bits per heavy atom. The van der Waals surface area contributed by atoms with Crippen LogP contribution in [0.15, 0.2) is 12.2 Å². The van der Waals surface area contributed by atoms with E-state index in [4.69, 9.17) is 12.2 Å². The zero-order chi connectivity index (χ0) is 29.6. The minimum Gasteiger partial charge on any atom is -0.368 e. The highest BCUT2D eigenvalue weighted by molar-refractivity contribution is 5.97. The summed E-state index contributed by atoms with van der Waals surface area (Å²) in [4.78, 5) is 66.7. The Hall–Kier alpha value is -3.42. The van der Waals surface area contributed by atoms with Crippen molar-refractivity contribution in [3.8, 4) is 12.3 Å². The predicted octanol–water partition coefficient (Wildman–Crippen LogP) is 0.414. The number of nitrogens with one attached hydrogen (secondary N) is 3. The van der Waals surface area contributed by atoms with Gasteiger partial charge < -0.3 is 26.6 Å². The second kappa shape index (κ2) is 10.9. The van der Waals surface area contributed by atoms with Gasteiger partial charge in [-0.1, -0.05) is 31.9 Å². The molecule has 0 spiro atoms. The number of allylic oxidation sites excluding steroid dienone is 2. The van der Waals surface area contributed by atoms with Gasteiger partial charge in [-0.15, -0.1) is 6.42 Å². The van der Waals surface area contributed by atoms with E-state index < -0.39 is 58.8 Å². The molecular formula is C29H40FN5O5. The maximum Gasteiger partial charge on any atom is 0.258 e. The van der Waals surface area contributed by atoms with E-state index in [0.29, 0.717) is 13.0 Å². The maximum absolute atomic E-state index is 14.6. The number of terminal acetylenes is 1. The lowest BCUT2D eigenvalue weighted by atomic mass is 9.71. The van der Waals surface area contributed by atoms with Crippen LogP contribution >= 0.6 is 0 Å². The number of alkyl halides is 1. The van der Waals surface area contributed by atoms with Gasteiger partial charge in [0.2, 0.25) is 23.6 Å². The van der Waals surface area contributed by atoms with Gasteiger partial charge in [-0.2, -0.15) is 0 Å². The molecule has 2 aliphatic carbocycles. The van der Waals surface area contributed by atoms with E-state index in [0.717, 1.165) is 0 Å². The minimum atomic E-state index is -2.02. The average Bonchev–Trinajstić information content (AvgIpc) is 3.32. The minimum absolute atomic E-state index is 0.0505. The average molecular weight is 558 g/mol. The fraction of sp³-hybridized carbons (Fsp3) is 0.690. The highest BCUT2D eigenvalue weighted by atomic mass is 19.1. The van der Waals surface area contributed by atoms with Gasteiger partial charge in [-0.3, -0.25) is 24.0 Å². The SMILES string of the molecule is C#CC(C)(C)[C@H](NC(=O)C1(F)CC1)C(=O)N1C[C@H]2[C@H]([C@H](C)C=C[C@@H]2C)[C@H]1C(=O)N[C@@H](C[C@@H]1CCNC1=O)C(N)=O. The lowest BCUT2D eigenvalue weighted by molar-refractivity contribution is -0.145. The molecule has 8 atom stereocenters. The van der Waals surface area contributed by atoms with Crippen LogP contribution in [0.1, 0.15) is 53.4 Å². The summed E-state index contributed by atoms with van der Waals surface area (Å²) in [5.41, 5.74) is 2.42. The van der Waals surface area contributed by atoms with Gasteiger partial charge in [0, 0.05) is 19.0 Å². The summed E-state index contributed by atoms with van der Waals surface area (Å²) in [6.07, 6.45) is 10.5. The van der Waals surface area contributed by atoms with Crippen LogP contribution in [0.2, 0.25) is 0 Å². The fourth-order valence-electron chi connectivity index (χ4n) is 6.32. The van der Waals surface area contributed by atoms with Crippen molar-refractivity contribution in [2.45, 2.75) is 77.2 Å². The van der Waals surface area contributed by atoms with Crippen molar-refractivity contribution in [1.29, 1.82) is 0 Å². The molecule has 0 aromatic heterocycles. The number of amides is 5. The van der Waals surface area contributed by atoms with Gasteiger partial charge in [-0.25, -0.2) is 4.39 Å². The van der Waals surface area contributed by atoms with Gasteiger partial charge in [0.05, 0.1) is 5.41 Å². The molecule has 40 heavy (non-hydrogen) atoms. The number of carbonyl (C=O) groups is 5. The monoisotopic (exact) mass is 557 g/mol. The zero-order valence-electron chi connectivity index (χ0n) is 23.5. The molecule has 2 aliphatic heterocycles. The molecule has 11 heteroatoms. The molecule has 0 aromatic carbocycles. The molecule has 2 heterocycles. The summed E-state index contributed by atoms with van der Waals surface area (Å²) in [5, 5.41) is 7.99. The maximum atomic E-state index is 14.6. The van der Waals surface area contributed by atoms with Crippen LogP contribution in [-0.4, -0.2) is 71.3 Å². The van der Waals surface area contributed by atoms with Crippen molar-refractivity contribution in [3.63, 3.8) is 0 Å². The van der Waals surface area contributed by atoms with Crippen molar-refractivity contribution in [2.75, 3.05) is 13.1 Å². The fourth-order valence-corrected chi connectivity index (χ4v) is 6.32.